The second-order valence-electron chi connectivity index (χ2n) is 6.27. The largest absolute Gasteiger partial charge is 0.507 e. The Hall–Kier alpha value is -3.15. The molecule has 1 heterocycles. The number of fused-ring (bicyclic) bond motifs is 1. The number of hydrogen-bond donors (Lipinski definition) is 2. The Morgan fingerprint density at radius 1 is 1.15 bits per heavy atom. The molecule has 1 amide bonds. The molecule has 0 saturated heterocycles. The summed E-state index contributed by atoms with van der Waals surface area (Å²) in [5.41, 5.74) is 1.87. The number of nitrogens with one attached hydrogen (secondary N) is 1. The maximum atomic E-state index is 12.3. The third kappa shape index (κ3) is 3.44. The Bertz CT molecular complexity index is 954. The van der Waals surface area contributed by atoms with E-state index in [-0.39, 0.29) is 11.7 Å². The molecule has 3 rings (SSSR count). The second kappa shape index (κ2) is 7.39. The summed E-state index contributed by atoms with van der Waals surface area (Å²) in [5, 5.41) is 13.8. The number of rotatable bonds is 5. The number of phenols is 1. The van der Waals surface area contributed by atoms with Crippen LogP contribution in [0.3, 0.4) is 0 Å². The monoisotopic (exact) mass is 350 g/mol. The highest BCUT2D eigenvalue weighted by Crippen LogP contribution is 2.31. The van der Waals surface area contributed by atoms with Crippen LogP contribution in [0.2, 0.25) is 0 Å². The number of amides is 1. The van der Waals surface area contributed by atoms with Crippen LogP contribution in [0.1, 0.15) is 23.7 Å². The van der Waals surface area contributed by atoms with Gasteiger partial charge in [-0.1, -0.05) is 19.1 Å². The van der Waals surface area contributed by atoms with Crippen molar-refractivity contribution in [2.75, 3.05) is 25.5 Å². The van der Waals surface area contributed by atoms with E-state index in [1.807, 2.05) is 44.1 Å². The van der Waals surface area contributed by atoms with Crippen molar-refractivity contribution in [3.63, 3.8) is 0 Å². The van der Waals surface area contributed by atoms with Gasteiger partial charge in [0, 0.05) is 31.6 Å². The number of nitrogens with zero attached hydrogens (tertiary/aromatic N) is 3. The maximum Gasteiger partial charge on any atom is 0.251 e. The fourth-order valence-electron chi connectivity index (χ4n) is 2.72. The Morgan fingerprint density at radius 2 is 1.92 bits per heavy atom. The SMILES string of the molecule is CCCNC(=O)c1ccc2nc(-c3ccccc3O)nc(N(C)C)c2c1. The Morgan fingerprint density at radius 3 is 2.62 bits per heavy atom. The second-order valence-corrected chi connectivity index (χ2v) is 6.27. The summed E-state index contributed by atoms with van der Waals surface area (Å²) in [4.78, 5) is 23.3. The van der Waals surface area contributed by atoms with Crippen LogP contribution in [0.4, 0.5) is 5.82 Å². The van der Waals surface area contributed by atoms with E-state index >= 15 is 0 Å². The maximum absolute atomic E-state index is 12.3. The van der Waals surface area contributed by atoms with Gasteiger partial charge >= 0.3 is 0 Å². The van der Waals surface area contributed by atoms with Crippen molar-refractivity contribution in [2.24, 2.45) is 0 Å². The zero-order chi connectivity index (χ0) is 18.7. The van der Waals surface area contributed by atoms with Gasteiger partial charge in [-0.05, 0) is 36.8 Å². The summed E-state index contributed by atoms with van der Waals surface area (Å²) >= 11 is 0. The average molecular weight is 350 g/mol. The number of aromatic nitrogens is 2. The van der Waals surface area contributed by atoms with Crippen molar-refractivity contribution < 1.29 is 9.90 Å². The molecule has 0 fully saturated rings. The van der Waals surface area contributed by atoms with Gasteiger partial charge in [0.1, 0.15) is 11.6 Å². The number of carbonyl (C=O) groups is 1. The molecule has 0 radical (unpaired) electrons. The van der Waals surface area contributed by atoms with E-state index in [9.17, 15) is 9.90 Å². The highest BCUT2D eigenvalue weighted by molar-refractivity contribution is 6.01. The van der Waals surface area contributed by atoms with Gasteiger partial charge in [-0.25, -0.2) is 9.97 Å². The molecule has 26 heavy (non-hydrogen) atoms. The molecule has 3 aromatic rings. The smallest absolute Gasteiger partial charge is 0.251 e. The van der Waals surface area contributed by atoms with Crippen LogP contribution in [-0.2, 0) is 0 Å². The number of phenolic OH excluding ortho intramolecular Hbond substituents is 1. The number of aromatic hydroxyl groups is 1. The zero-order valence-corrected chi connectivity index (χ0v) is 15.2. The summed E-state index contributed by atoms with van der Waals surface area (Å²) in [6.07, 6.45) is 0.884. The molecule has 0 aliphatic heterocycles. The minimum atomic E-state index is -0.108. The van der Waals surface area contributed by atoms with Crippen LogP contribution in [0, 0.1) is 0 Å². The molecule has 0 bridgehead atoms. The molecular weight excluding hydrogens is 328 g/mol. The molecule has 0 unspecified atom stereocenters. The molecule has 2 aromatic carbocycles. The lowest BCUT2D eigenvalue weighted by atomic mass is 10.1. The molecule has 6 heteroatoms. The first-order valence-corrected chi connectivity index (χ1v) is 8.57. The van der Waals surface area contributed by atoms with Gasteiger partial charge in [-0.3, -0.25) is 4.79 Å². The van der Waals surface area contributed by atoms with E-state index < -0.39 is 0 Å². The predicted molar refractivity (Wildman–Crippen MR) is 104 cm³/mol. The van der Waals surface area contributed by atoms with Crippen LogP contribution in [0.25, 0.3) is 22.3 Å². The molecule has 6 nitrogen and oxygen atoms in total. The fourth-order valence-corrected chi connectivity index (χ4v) is 2.72. The molecule has 0 atom stereocenters. The van der Waals surface area contributed by atoms with E-state index in [2.05, 4.69) is 15.3 Å². The van der Waals surface area contributed by atoms with Crippen LogP contribution < -0.4 is 10.2 Å². The van der Waals surface area contributed by atoms with Crippen molar-refractivity contribution in [2.45, 2.75) is 13.3 Å². The normalized spacial score (nSPS) is 10.7. The van der Waals surface area contributed by atoms with Gasteiger partial charge in [-0.15, -0.1) is 0 Å². The van der Waals surface area contributed by atoms with Crippen LogP contribution in [0.5, 0.6) is 5.75 Å². The van der Waals surface area contributed by atoms with E-state index in [0.29, 0.717) is 34.8 Å². The van der Waals surface area contributed by atoms with E-state index in [1.165, 1.54) is 0 Å². The van der Waals surface area contributed by atoms with Gasteiger partial charge < -0.3 is 15.3 Å². The van der Waals surface area contributed by atoms with Gasteiger partial charge in [0.2, 0.25) is 0 Å². The Labute approximate surface area is 152 Å². The van der Waals surface area contributed by atoms with Crippen LogP contribution in [-0.4, -0.2) is 41.6 Å². The first-order valence-electron chi connectivity index (χ1n) is 8.57. The molecule has 1 aromatic heterocycles. The van der Waals surface area contributed by atoms with Gasteiger partial charge in [0.15, 0.2) is 5.82 Å². The molecule has 2 N–H and O–H groups in total. The van der Waals surface area contributed by atoms with Crippen molar-refractivity contribution in [1.82, 2.24) is 15.3 Å². The minimum Gasteiger partial charge on any atom is -0.507 e. The van der Waals surface area contributed by atoms with Crippen molar-refractivity contribution in [3.8, 4) is 17.1 Å². The standard InChI is InChI=1S/C20H22N4O2/c1-4-11-21-20(26)13-9-10-16-15(12-13)19(24(2)3)23-18(22-16)14-7-5-6-8-17(14)25/h5-10,12,25H,4,11H2,1-3H3,(H,21,26). The van der Waals surface area contributed by atoms with Crippen molar-refractivity contribution >= 4 is 22.6 Å². The summed E-state index contributed by atoms with van der Waals surface area (Å²) in [5.74, 6) is 1.16. The van der Waals surface area contributed by atoms with E-state index in [4.69, 9.17) is 0 Å². The number of benzene rings is 2. The zero-order valence-electron chi connectivity index (χ0n) is 15.2. The number of anilines is 1. The topological polar surface area (TPSA) is 78.3 Å². The molecule has 0 aliphatic carbocycles. The van der Waals surface area contributed by atoms with Crippen molar-refractivity contribution in [1.29, 1.82) is 0 Å². The fraction of sp³-hybridized carbons (Fsp3) is 0.250. The minimum absolute atomic E-state index is 0.108. The van der Waals surface area contributed by atoms with E-state index in [0.717, 1.165) is 11.8 Å². The summed E-state index contributed by atoms with van der Waals surface area (Å²) in [7, 11) is 3.78. The first-order chi connectivity index (χ1) is 12.5. The Kier molecular flexibility index (Phi) is 5.02. The predicted octanol–water partition coefficient (Wildman–Crippen LogP) is 3.21. The van der Waals surface area contributed by atoms with Crippen LogP contribution >= 0.6 is 0 Å². The summed E-state index contributed by atoms with van der Waals surface area (Å²) < 4.78 is 0. The molecule has 134 valence electrons. The summed E-state index contributed by atoms with van der Waals surface area (Å²) in [6, 6.07) is 12.4. The lowest BCUT2D eigenvalue weighted by Crippen LogP contribution is -2.24. The third-order valence-electron chi connectivity index (χ3n) is 4.04. The number of para-hydroxylation sites is 1. The lowest BCUT2D eigenvalue weighted by Gasteiger charge is -2.16. The molecule has 0 saturated carbocycles. The van der Waals surface area contributed by atoms with Gasteiger partial charge in [0.05, 0.1) is 11.1 Å². The van der Waals surface area contributed by atoms with Crippen LogP contribution in [0.15, 0.2) is 42.5 Å². The van der Waals surface area contributed by atoms with Crippen molar-refractivity contribution in [3.05, 3.63) is 48.0 Å². The average Bonchev–Trinajstić information content (AvgIpc) is 2.65. The molecule has 0 spiro atoms. The highest BCUT2D eigenvalue weighted by atomic mass is 16.3. The Balaban J connectivity index is 2.14. The van der Waals surface area contributed by atoms with Gasteiger partial charge in [-0.2, -0.15) is 0 Å². The first kappa shape index (κ1) is 17.7. The number of hydrogen-bond acceptors (Lipinski definition) is 5. The number of carbonyl (C=O) groups excluding carboxylic acids is 1. The van der Waals surface area contributed by atoms with Gasteiger partial charge in [0.25, 0.3) is 5.91 Å². The van der Waals surface area contributed by atoms with E-state index in [1.54, 1.807) is 24.3 Å². The highest BCUT2D eigenvalue weighted by Gasteiger charge is 2.15. The quantitative estimate of drug-likeness (QED) is 0.739. The molecular formula is C20H22N4O2. The lowest BCUT2D eigenvalue weighted by molar-refractivity contribution is 0.0954. The summed E-state index contributed by atoms with van der Waals surface area (Å²) in [6.45, 7) is 2.65. The third-order valence-corrected chi connectivity index (χ3v) is 4.04. The molecule has 0 aliphatic rings.